The van der Waals surface area contributed by atoms with E-state index in [2.05, 4.69) is 35.3 Å². The van der Waals surface area contributed by atoms with Crippen molar-refractivity contribution < 1.29 is 9.50 Å². The predicted octanol–water partition coefficient (Wildman–Crippen LogP) is 5.13. The number of rotatable bonds is 4. The van der Waals surface area contributed by atoms with Crippen LogP contribution >= 0.6 is 0 Å². The summed E-state index contributed by atoms with van der Waals surface area (Å²) in [5.41, 5.74) is 7.15. The van der Waals surface area contributed by atoms with Crippen molar-refractivity contribution in [2.75, 3.05) is 5.32 Å². The molecule has 0 radical (unpaired) electrons. The summed E-state index contributed by atoms with van der Waals surface area (Å²) in [4.78, 5) is 13.4. The number of aromatic hydroxyl groups is 1. The fourth-order valence-corrected chi connectivity index (χ4v) is 5.11. The van der Waals surface area contributed by atoms with Crippen LogP contribution in [0.5, 0.6) is 5.75 Å². The van der Waals surface area contributed by atoms with Crippen LogP contribution < -0.4 is 5.32 Å². The van der Waals surface area contributed by atoms with E-state index in [1.165, 1.54) is 23.4 Å². The van der Waals surface area contributed by atoms with Gasteiger partial charge in [-0.3, -0.25) is 4.98 Å². The first-order valence-electron chi connectivity index (χ1n) is 11.6. The number of phenols is 1. The van der Waals surface area contributed by atoms with Crippen LogP contribution in [0.4, 0.5) is 10.3 Å². The molecule has 1 atom stereocenters. The molecule has 6 rings (SSSR count). The molecule has 7 nitrogen and oxygen atoms in total. The standard InChI is InChI=1S/C26H25FN6O/c1-14(2)22-13-29-33-25(22)31-24(16-8-17(27)12-28-11-16)32-26(33)30-18-7-6-15-9-21-19(20(15)10-18)4-3-5-23(21)34/h3-5,8,11-14,18,34H,6-7,9-10H2,1-2H3,(H,30,31,32)/t18-/m1/s1. The third-order valence-corrected chi connectivity index (χ3v) is 6.85. The number of phenolic OH excluding ortho intramolecular Hbond substituents is 1. The van der Waals surface area contributed by atoms with E-state index in [9.17, 15) is 9.50 Å². The molecule has 0 fully saturated rings. The molecule has 2 aliphatic carbocycles. The highest BCUT2D eigenvalue weighted by atomic mass is 19.1. The molecule has 172 valence electrons. The van der Waals surface area contributed by atoms with Crippen molar-refractivity contribution in [3.63, 3.8) is 0 Å². The van der Waals surface area contributed by atoms with Gasteiger partial charge in [-0.15, -0.1) is 0 Å². The Bertz CT molecular complexity index is 1460. The van der Waals surface area contributed by atoms with Gasteiger partial charge in [-0.2, -0.15) is 14.6 Å². The monoisotopic (exact) mass is 456 g/mol. The lowest BCUT2D eigenvalue weighted by atomic mass is 9.88. The summed E-state index contributed by atoms with van der Waals surface area (Å²) in [6, 6.07) is 7.31. The van der Waals surface area contributed by atoms with Crippen molar-refractivity contribution in [3.8, 4) is 17.1 Å². The summed E-state index contributed by atoms with van der Waals surface area (Å²) < 4.78 is 15.6. The summed E-state index contributed by atoms with van der Waals surface area (Å²) >= 11 is 0. The van der Waals surface area contributed by atoms with Crippen LogP contribution in [-0.4, -0.2) is 35.7 Å². The minimum atomic E-state index is -0.428. The average Bonchev–Trinajstić information content (AvgIpc) is 3.42. The molecule has 0 aliphatic heterocycles. The number of pyridine rings is 1. The molecular formula is C26H25FN6O. The van der Waals surface area contributed by atoms with E-state index in [-0.39, 0.29) is 12.0 Å². The molecule has 2 aliphatic rings. The summed E-state index contributed by atoms with van der Waals surface area (Å²) in [5, 5.41) is 18.5. The zero-order valence-electron chi connectivity index (χ0n) is 19.1. The zero-order chi connectivity index (χ0) is 23.4. The molecule has 34 heavy (non-hydrogen) atoms. The summed E-state index contributed by atoms with van der Waals surface area (Å²) in [6.45, 7) is 4.19. The summed E-state index contributed by atoms with van der Waals surface area (Å²) in [7, 11) is 0. The van der Waals surface area contributed by atoms with Crippen LogP contribution in [-0.2, 0) is 6.42 Å². The van der Waals surface area contributed by atoms with Gasteiger partial charge in [0.05, 0.1) is 12.4 Å². The maximum Gasteiger partial charge on any atom is 0.228 e. The van der Waals surface area contributed by atoms with Gasteiger partial charge in [0.2, 0.25) is 5.95 Å². The Morgan fingerprint density at radius 2 is 2.06 bits per heavy atom. The Morgan fingerprint density at radius 3 is 2.88 bits per heavy atom. The highest BCUT2D eigenvalue weighted by molar-refractivity contribution is 5.79. The van der Waals surface area contributed by atoms with Crippen molar-refractivity contribution in [2.24, 2.45) is 0 Å². The van der Waals surface area contributed by atoms with Gasteiger partial charge in [0.1, 0.15) is 11.6 Å². The van der Waals surface area contributed by atoms with E-state index in [1.54, 1.807) is 16.8 Å². The van der Waals surface area contributed by atoms with E-state index >= 15 is 0 Å². The van der Waals surface area contributed by atoms with Gasteiger partial charge in [0, 0.05) is 28.9 Å². The number of fused-ring (bicyclic) bond motifs is 3. The normalized spacial score (nSPS) is 17.4. The van der Waals surface area contributed by atoms with Gasteiger partial charge in [-0.25, -0.2) is 9.37 Å². The molecule has 3 aromatic heterocycles. The van der Waals surface area contributed by atoms with E-state index in [1.807, 2.05) is 12.3 Å². The molecule has 0 spiro atoms. The Kier molecular flexibility index (Phi) is 4.83. The largest absolute Gasteiger partial charge is 0.508 e. The van der Waals surface area contributed by atoms with Crippen molar-refractivity contribution in [1.29, 1.82) is 0 Å². The topological polar surface area (TPSA) is 88.2 Å². The number of anilines is 1. The molecule has 2 N–H and O–H groups in total. The molecule has 0 saturated heterocycles. The highest BCUT2D eigenvalue weighted by Crippen LogP contribution is 2.44. The first-order valence-corrected chi connectivity index (χ1v) is 11.6. The Morgan fingerprint density at radius 1 is 1.18 bits per heavy atom. The number of halogens is 1. The Labute approximate surface area is 196 Å². The second-order valence-electron chi connectivity index (χ2n) is 9.40. The molecule has 0 bridgehead atoms. The molecule has 8 heteroatoms. The van der Waals surface area contributed by atoms with Crippen molar-refractivity contribution in [1.82, 2.24) is 24.6 Å². The minimum absolute atomic E-state index is 0.148. The Balaban J connectivity index is 1.38. The van der Waals surface area contributed by atoms with Crippen LogP contribution in [0.15, 0.2) is 48.4 Å². The number of benzene rings is 1. The van der Waals surface area contributed by atoms with Gasteiger partial charge < -0.3 is 10.4 Å². The van der Waals surface area contributed by atoms with Crippen LogP contribution in [0, 0.1) is 5.82 Å². The SMILES string of the molecule is CC(C)c1cnn2c(N[C@@H]3CCC4=C(C3)c3cccc(O)c3C4)nc(-c3cncc(F)c3)nc12. The lowest BCUT2D eigenvalue weighted by Crippen LogP contribution is -2.25. The summed E-state index contributed by atoms with van der Waals surface area (Å²) in [5.74, 6) is 1.17. The van der Waals surface area contributed by atoms with Crippen LogP contribution in [0.1, 0.15) is 55.7 Å². The third-order valence-electron chi connectivity index (χ3n) is 6.85. The fourth-order valence-electron chi connectivity index (χ4n) is 5.11. The van der Waals surface area contributed by atoms with E-state index in [4.69, 9.17) is 9.97 Å². The molecule has 0 amide bonds. The average molecular weight is 457 g/mol. The number of hydrogen-bond acceptors (Lipinski definition) is 6. The smallest absolute Gasteiger partial charge is 0.228 e. The summed E-state index contributed by atoms with van der Waals surface area (Å²) in [6.07, 6.45) is 8.15. The van der Waals surface area contributed by atoms with Gasteiger partial charge in [-0.05, 0) is 54.9 Å². The van der Waals surface area contributed by atoms with Crippen LogP contribution in [0.25, 0.3) is 22.6 Å². The third kappa shape index (κ3) is 3.41. The first kappa shape index (κ1) is 20.8. The van der Waals surface area contributed by atoms with Crippen molar-refractivity contribution >= 4 is 17.2 Å². The maximum absolute atomic E-state index is 13.9. The molecule has 1 aromatic carbocycles. The predicted molar refractivity (Wildman–Crippen MR) is 128 cm³/mol. The van der Waals surface area contributed by atoms with E-state index < -0.39 is 5.82 Å². The second kappa shape index (κ2) is 7.90. The van der Waals surface area contributed by atoms with E-state index in [0.29, 0.717) is 28.7 Å². The molecule has 0 saturated carbocycles. The number of allylic oxidation sites excluding steroid dienone is 1. The highest BCUT2D eigenvalue weighted by Gasteiger charge is 2.30. The first-order chi connectivity index (χ1) is 16.5. The second-order valence-corrected chi connectivity index (χ2v) is 9.40. The zero-order valence-corrected chi connectivity index (χ0v) is 19.1. The molecule has 4 aromatic rings. The number of nitrogens with one attached hydrogen (secondary N) is 1. The van der Waals surface area contributed by atoms with Gasteiger partial charge >= 0.3 is 0 Å². The van der Waals surface area contributed by atoms with Gasteiger partial charge in [-0.1, -0.05) is 31.6 Å². The lowest BCUT2D eigenvalue weighted by molar-refractivity contribution is 0.469. The molecule has 3 heterocycles. The lowest BCUT2D eigenvalue weighted by Gasteiger charge is -2.26. The number of hydrogen-bond donors (Lipinski definition) is 2. The number of nitrogens with zero attached hydrogens (tertiary/aromatic N) is 5. The Hall–Kier alpha value is -3.81. The van der Waals surface area contributed by atoms with Crippen LogP contribution in [0.2, 0.25) is 0 Å². The van der Waals surface area contributed by atoms with Gasteiger partial charge in [0.25, 0.3) is 0 Å². The van der Waals surface area contributed by atoms with Gasteiger partial charge in [0.15, 0.2) is 11.5 Å². The molecular weight excluding hydrogens is 431 g/mol. The maximum atomic E-state index is 13.9. The quantitative estimate of drug-likeness (QED) is 0.443. The van der Waals surface area contributed by atoms with Crippen LogP contribution in [0.3, 0.4) is 0 Å². The van der Waals surface area contributed by atoms with Crippen molar-refractivity contribution in [3.05, 3.63) is 70.9 Å². The van der Waals surface area contributed by atoms with E-state index in [0.717, 1.165) is 42.4 Å². The number of aromatic nitrogens is 5. The fraction of sp³-hybridized carbons (Fsp3) is 0.308. The van der Waals surface area contributed by atoms with Crippen molar-refractivity contribution in [2.45, 2.75) is 51.5 Å². The molecule has 0 unspecified atom stereocenters. The minimum Gasteiger partial charge on any atom is -0.508 e.